The van der Waals surface area contributed by atoms with Gasteiger partial charge in [-0.05, 0) is 61.1 Å². The quantitative estimate of drug-likeness (QED) is 0.110. The van der Waals surface area contributed by atoms with Gasteiger partial charge in [-0.15, -0.1) is 0 Å². The third-order valence-electron chi connectivity index (χ3n) is 8.11. The highest BCUT2D eigenvalue weighted by atomic mass is 16.6. The number of ether oxygens (including phenoxy) is 6. The van der Waals surface area contributed by atoms with Gasteiger partial charge in [0.05, 0.1) is 51.8 Å². The van der Waals surface area contributed by atoms with Crippen LogP contribution >= 0.6 is 0 Å². The first kappa shape index (κ1) is 31.8. The topological polar surface area (TPSA) is 62.0 Å². The van der Waals surface area contributed by atoms with Gasteiger partial charge in [-0.1, -0.05) is 64.8 Å². The lowest BCUT2D eigenvalue weighted by Crippen LogP contribution is -2.21. The molecule has 2 saturated heterocycles. The Morgan fingerprint density at radius 3 is 1.39 bits per heavy atom. The van der Waals surface area contributed by atoms with E-state index in [2.05, 4.69) is 76.2 Å². The maximum atomic E-state index is 6.18. The van der Waals surface area contributed by atoms with E-state index in [0.717, 1.165) is 89.7 Å². The van der Waals surface area contributed by atoms with Crippen molar-refractivity contribution < 1.29 is 28.4 Å². The van der Waals surface area contributed by atoms with E-state index in [4.69, 9.17) is 28.4 Å². The van der Waals surface area contributed by atoms with Crippen molar-refractivity contribution in [2.24, 2.45) is 11.8 Å². The number of unbranched alkanes of at least 4 members (excludes halogenated alkanes) is 2. The molecule has 0 aliphatic carbocycles. The molecule has 4 atom stereocenters. The van der Waals surface area contributed by atoms with Crippen LogP contribution in [0.25, 0.3) is 0 Å². The molecule has 2 aliphatic heterocycles. The molecular weight excluding hydrogens is 516 g/mol. The number of benzene rings is 2. The fraction of sp³-hybridized carbons (Fsp3) is 0.657. The summed E-state index contributed by atoms with van der Waals surface area (Å²) in [4.78, 5) is 0. The first-order valence-electron chi connectivity index (χ1n) is 15.8. The van der Waals surface area contributed by atoms with Crippen LogP contribution in [-0.2, 0) is 24.4 Å². The Labute approximate surface area is 248 Å². The molecule has 0 amide bonds. The van der Waals surface area contributed by atoms with Crippen LogP contribution in [0.4, 0.5) is 0 Å². The fourth-order valence-corrected chi connectivity index (χ4v) is 5.04. The second-order valence-corrected chi connectivity index (χ2v) is 12.3. The van der Waals surface area contributed by atoms with E-state index in [1.54, 1.807) is 0 Å². The Morgan fingerprint density at radius 1 is 0.659 bits per heavy atom. The predicted octanol–water partition coefficient (Wildman–Crippen LogP) is 7.21. The Hall–Kier alpha value is -2.12. The van der Waals surface area contributed by atoms with Crippen molar-refractivity contribution in [1.82, 2.24) is 0 Å². The molecule has 0 bridgehead atoms. The zero-order valence-electron chi connectivity index (χ0n) is 25.8. The van der Waals surface area contributed by atoms with Gasteiger partial charge in [0.25, 0.3) is 0 Å². The van der Waals surface area contributed by atoms with E-state index >= 15 is 0 Å². The molecule has 2 fully saturated rings. The average Bonchev–Trinajstić information content (AvgIpc) is 3.92. The van der Waals surface area contributed by atoms with E-state index in [-0.39, 0.29) is 5.41 Å². The third kappa shape index (κ3) is 11.2. The number of epoxide rings is 2. The SMILES string of the molecule is CCCCOCC(COc1ccc(C(C)(C)c2ccc(OCC(COCCCC)CC3CO3)cc2)cc1)CC1CO1. The average molecular weight is 569 g/mol. The molecule has 0 N–H and O–H groups in total. The maximum Gasteiger partial charge on any atom is 0.119 e. The van der Waals surface area contributed by atoms with Crippen molar-refractivity contribution in [1.29, 1.82) is 0 Å². The van der Waals surface area contributed by atoms with Crippen LogP contribution in [-0.4, -0.2) is 65.1 Å². The molecule has 228 valence electrons. The van der Waals surface area contributed by atoms with Gasteiger partial charge >= 0.3 is 0 Å². The lowest BCUT2D eigenvalue weighted by Gasteiger charge is -2.27. The van der Waals surface area contributed by atoms with Crippen LogP contribution in [0.1, 0.15) is 77.3 Å². The van der Waals surface area contributed by atoms with Crippen molar-refractivity contribution in [2.75, 3.05) is 52.9 Å². The summed E-state index contributed by atoms with van der Waals surface area (Å²) in [5, 5.41) is 0. The predicted molar refractivity (Wildman–Crippen MR) is 163 cm³/mol. The van der Waals surface area contributed by atoms with Crippen molar-refractivity contribution in [3.8, 4) is 11.5 Å². The first-order valence-corrected chi connectivity index (χ1v) is 15.8. The summed E-state index contributed by atoms with van der Waals surface area (Å²) in [6, 6.07) is 17.1. The molecule has 2 aliphatic rings. The van der Waals surface area contributed by atoms with Crippen LogP contribution in [0, 0.1) is 11.8 Å². The zero-order chi connectivity index (χ0) is 28.9. The van der Waals surface area contributed by atoms with Gasteiger partial charge < -0.3 is 28.4 Å². The van der Waals surface area contributed by atoms with Gasteiger partial charge in [-0.3, -0.25) is 0 Å². The van der Waals surface area contributed by atoms with Gasteiger partial charge in [0.15, 0.2) is 0 Å². The summed E-state index contributed by atoms with van der Waals surface area (Å²) in [6.07, 6.45) is 7.26. The van der Waals surface area contributed by atoms with E-state index in [1.807, 2.05) is 0 Å². The second-order valence-electron chi connectivity index (χ2n) is 12.3. The highest BCUT2D eigenvalue weighted by Crippen LogP contribution is 2.34. The number of hydrogen-bond donors (Lipinski definition) is 0. The summed E-state index contributed by atoms with van der Waals surface area (Å²) in [7, 11) is 0. The van der Waals surface area contributed by atoms with Crippen LogP contribution in [0.2, 0.25) is 0 Å². The Morgan fingerprint density at radius 2 is 1.05 bits per heavy atom. The molecule has 0 radical (unpaired) electrons. The summed E-state index contributed by atoms with van der Waals surface area (Å²) in [5.41, 5.74) is 2.35. The molecule has 4 rings (SSSR count). The van der Waals surface area contributed by atoms with E-state index < -0.39 is 0 Å². The minimum atomic E-state index is -0.144. The lowest BCUT2D eigenvalue weighted by molar-refractivity contribution is 0.0696. The van der Waals surface area contributed by atoms with E-state index in [0.29, 0.717) is 37.3 Å². The summed E-state index contributed by atoms with van der Waals surface area (Å²) >= 11 is 0. The van der Waals surface area contributed by atoms with Crippen LogP contribution < -0.4 is 9.47 Å². The van der Waals surface area contributed by atoms with Gasteiger partial charge in [0.1, 0.15) is 11.5 Å². The van der Waals surface area contributed by atoms with Crippen LogP contribution in [0.5, 0.6) is 11.5 Å². The molecule has 2 aromatic carbocycles. The molecule has 0 spiro atoms. The minimum Gasteiger partial charge on any atom is -0.493 e. The highest BCUT2D eigenvalue weighted by molar-refractivity contribution is 5.41. The molecule has 0 saturated carbocycles. The van der Waals surface area contributed by atoms with E-state index in [1.165, 1.54) is 11.1 Å². The monoisotopic (exact) mass is 568 g/mol. The lowest BCUT2D eigenvalue weighted by atomic mass is 9.78. The first-order chi connectivity index (χ1) is 20.0. The molecule has 0 aromatic heterocycles. The van der Waals surface area contributed by atoms with Crippen molar-refractivity contribution in [3.63, 3.8) is 0 Å². The van der Waals surface area contributed by atoms with E-state index in [9.17, 15) is 0 Å². The minimum absolute atomic E-state index is 0.144. The summed E-state index contributed by atoms with van der Waals surface area (Å²) < 4.78 is 35.1. The largest absolute Gasteiger partial charge is 0.493 e. The molecule has 6 nitrogen and oxygen atoms in total. The van der Waals surface area contributed by atoms with Gasteiger partial charge in [-0.2, -0.15) is 0 Å². The van der Waals surface area contributed by atoms with Gasteiger partial charge in [0, 0.05) is 30.5 Å². The zero-order valence-corrected chi connectivity index (χ0v) is 25.8. The Balaban J connectivity index is 1.26. The van der Waals surface area contributed by atoms with Gasteiger partial charge in [0.2, 0.25) is 0 Å². The standard InChI is InChI=1S/C35H52O6/c1-5-7-17-36-21-27(19-33-25-40-33)23-38-31-13-9-29(10-14-31)35(3,4)30-11-15-32(16-12-30)39-24-28(20-34-26-41-34)22-37-18-8-6-2/h9-16,27-28,33-34H,5-8,17-26H2,1-4H3. The molecule has 2 aromatic rings. The second kappa shape index (κ2) is 16.5. The smallest absolute Gasteiger partial charge is 0.119 e. The third-order valence-corrected chi connectivity index (χ3v) is 8.11. The summed E-state index contributed by atoms with van der Waals surface area (Å²) in [6.45, 7) is 15.0. The fourth-order valence-electron chi connectivity index (χ4n) is 5.04. The van der Waals surface area contributed by atoms with Gasteiger partial charge in [-0.25, -0.2) is 0 Å². The number of rotatable bonds is 22. The van der Waals surface area contributed by atoms with Crippen LogP contribution in [0.3, 0.4) is 0 Å². The number of hydrogen-bond acceptors (Lipinski definition) is 6. The molecule has 41 heavy (non-hydrogen) atoms. The highest BCUT2D eigenvalue weighted by Gasteiger charge is 2.28. The van der Waals surface area contributed by atoms with Crippen molar-refractivity contribution >= 4 is 0 Å². The Bertz CT molecular complexity index is 901. The molecular formula is C35H52O6. The van der Waals surface area contributed by atoms with Crippen LogP contribution in [0.15, 0.2) is 48.5 Å². The normalized spacial score (nSPS) is 19.5. The van der Waals surface area contributed by atoms with Crippen molar-refractivity contribution in [2.45, 2.75) is 83.8 Å². The summed E-state index contributed by atoms with van der Waals surface area (Å²) in [5.74, 6) is 2.49. The molecule has 4 unspecified atom stereocenters. The van der Waals surface area contributed by atoms with Crippen molar-refractivity contribution in [3.05, 3.63) is 59.7 Å². The molecule has 2 heterocycles. The Kier molecular flexibility index (Phi) is 12.8. The molecule has 6 heteroatoms. The maximum absolute atomic E-state index is 6.18.